The minimum absolute atomic E-state index is 0.443. The first kappa shape index (κ1) is 12.4. The summed E-state index contributed by atoms with van der Waals surface area (Å²) in [6.45, 7) is 0.931. The van der Waals surface area contributed by atoms with E-state index in [1.807, 2.05) is 12.1 Å². The second-order valence-corrected chi connectivity index (χ2v) is 5.36. The normalized spacial score (nSPS) is 22.2. The molecule has 0 bridgehead atoms. The van der Waals surface area contributed by atoms with Gasteiger partial charge in [0.2, 0.25) is 0 Å². The zero-order valence-corrected chi connectivity index (χ0v) is 11.5. The van der Waals surface area contributed by atoms with Crippen LogP contribution in [0.25, 0.3) is 0 Å². The monoisotopic (exact) mass is 302 g/mol. The third-order valence-corrected chi connectivity index (χ3v) is 4.13. The minimum Gasteiger partial charge on any atom is -0.378 e. The van der Waals surface area contributed by atoms with Crippen LogP contribution in [0.1, 0.15) is 30.7 Å². The van der Waals surface area contributed by atoms with Crippen molar-refractivity contribution in [3.05, 3.63) is 34.9 Å². The molecule has 16 heavy (non-hydrogen) atoms. The fourth-order valence-electron chi connectivity index (χ4n) is 2.17. The summed E-state index contributed by atoms with van der Waals surface area (Å²) in [5.41, 5.74) is 1.34. The Morgan fingerprint density at radius 3 is 2.69 bits per heavy atom. The van der Waals surface area contributed by atoms with Crippen LogP contribution < -0.4 is 0 Å². The third-order valence-electron chi connectivity index (χ3n) is 3.10. The molecule has 2 unspecified atom stereocenters. The molecule has 1 aromatic rings. The maximum Gasteiger partial charge on any atom is 0.0582 e. The van der Waals surface area contributed by atoms with E-state index in [2.05, 4.69) is 28.1 Å². The molecule has 3 heteroatoms. The molecule has 0 amide bonds. The van der Waals surface area contributed by atoms with Crippen LogP contribution in [-0.4, -0.2) is 18.0 Å². The molecule has 1 fully saturated rings. The standard InChI is InChI=1S/C13H16BrClO/c14-9-11(8-13-2-1-7-16-13)10-3-5-12(15)6-4-10/h3-6,11,13H,1-2,7-9H2. The number of alkyl halides is 1. The van der Waals surface area contributed by atoms with Gasteiger partial charge in [-0.15, -0.1) is 0 Å². The van der Waals surface area contributed by atoms with E-state index in [1.165, 1.54) is 18.4 Å². The maximum atomic E-state index is 5.89. The molecule has 0 saturated carbocycles. The van der Waals surface area contributed by atoms with Gasteiger partial charge in [-0.05, 0) is 42.9 Å². The van der Waals surface area contributed by atoms with Crippen molar-refractivity contribution in [2.75, 3.05) is 11.9 Å². The zero-order chi connectivity index (χ0) is 11.4. The predicted octanol–water partition coefficient (Wildman–Crippen LogP) is 4.39. The Bertz CT molecular complexity index is 319. The Hall–Kier alpha value is -0.0500. The van der Waals surface area contributed by atoms with Crippen molar-refractivity contribution < 1.29 is 4.74 Å². The van der Waals surface area contributed by atoms with E-state index in [-0.39, 0.29) is 0 Å². The number of halogens is 2. The molecule has 88 valence electrons. The SMILES string of the molecule is Clc1ccc(C(CBr)CC2CCCO2)cc1. The fraction of sp³-hybridized carbons (Fsp3) is 0.538. The molecule has 1 nitrogen and oxygen atoms in total. The average Bonchev–Trinajstić information content (AvgIpc) is 2.80. The number of hydrogen-bond acceptors (Lipinski definition) is 1. The Kier molecular flexibility index (Phi) is 4.68. The van der Waals surface area contributed by atoms with Crippen molar-refractivity contribution in [2.24, 2.45) is 0 Å². The first-order valence-corrected chi connectivity index (χ1v) is 7.22. The molecule has 0 N–H and O–H groups in total. The second kappa shape index (κ2) is 6.04. The van der Waals surface area contributed by atoms with Crippen LogP contribution in [0.5, 0.6) is 0 Å². The fourth-order valence-corrected chi connectivity index (χ4v) is 2.93. The number of benzene rings is 1. The van der Waals surface area contributed by atoms with Crippen molar-refractivity contribution >= 4 is 27.5 Å². The molecule has 1 aromatic carbocycles. The molecule has 0 aromatic heterocycles. The summed E-state index contributed by atoms with van der Waals surface area (Å²) in [5.74, 6) is 0.528. The molecule has 1 heterocycles. The Morgan fingerprint density at radius 2 is 2.12 bits per heavy atom. The molecule has 1 aliphatic heterocycles. The summed E-state index contributed by atoms with van der Waals surface area (Å²) in [6.07, 6.45) is 3.96. The molecular formula is C13H16BrClO. The Labute approximate surface area is 110 Å². The highest BCUT2D eigenvalue weighted by Crippen LogP contribution is 2.29. The van der Waals surface area contributed by atoms with Gasteiger partial charge in [-0.1, -0.05) is 39.7 Å². The van der Waals surface area contributed by atoms with Gasteiger partial charge in [-0.25, -0.2) is 0 Å². The lowest BCUT2D eigenvalue weighted by atomic mass is 9.94. The van der Waals surface area contributed by atoms with Crippen molar-refractivity contribution in [1.82, 2.24) is 0 Å². The van der Waals surface area contributed by atoms with E-state index >= 15 is 0 Å². The second-order valence-electron chi connectivity index (χ2n) is 4.27. The summed E-state index contributed by atoms with van der Waals surface area (Å²) in [6, 6.07) is 8.15. The van der Waals surface area contributed by atoms with Crippen LogP contribution in [0.3, 0.4) is 0 Å². The maximum absolute atomic E-state index is 5.89. The van der Waals surface area contributed by atoms with Gasteiger partial charge in [-0.3, -0.25) is 0 Å². The van der Waals surface area contributed by atoms with Gasteiger partial charge in [0.25, 0.3) is 0 Å². The summed E-state index contributed by atoms with van der Waals surface area (Å²) < 4.78 is 5.68. The number of rotatable bonds is 4. The highest BCUT2D eigenvalue weighted by atomic mass is 79.9. The first-order chi connectivity index (χ1) is 7.79. The van der Waals surface area contributed by atoms with E-state index in [0.717, 1.165) is 23.4 Å². The van der Waals surface area contributed by atoms with Gasteiger partial charge < -0.3 is 4.74 Å². The Balaban J connectivity index is 2.00. The quantitative estimate of drug-likeness (QED) is 0.750. The van der Waals surface area contributed by atoms with E-state index in [4.69, 9.17) is 16.3 Å². The Morgan fingerprint density at radius 1 is 1.38 bits per heavy atom. The molecule has 2 atom stereocenters. The van der Waals surface area contributed by atoms with Crippen LogP contribution in [-0.2, 0) is 4.74 Å². The molecule has 0 radical (unpaired) electrons. The van der Waals surface area contributed by atoms with Crippen molar-refractivity contribution in [1.29, 1.82) is 0 Å². The van der Waals surface area contributed by atoms with E-state index < -0.39 is 0 Å². The lowest BCUT2D eigenvalue weighted by molar-refractivity contribution is 0.0997. The summed E-state index contributed by atoms with van der Waals surface area (Å²) >= 11 is 9.48. The van der Waals surface area contributed by atoms with Crippen molar-refractivity contribution in [3.63, 3.8) is 0 Å². The predicted molar refractivity (Wildman–Crippen MR) is 71.6 cm³/mol. The highest BCUT2D eigenvalue weighted by molar-refractivity contribution is 9.09. The zero-order valence-electron chi connectivity index (χ0n) is 9.16. The summed E-state index contributed by atoms with van der Waals surface area (Å²) in [4.78, 5) is 0. The van der Waals surface area contributed by atoms with Crippen LogP contribution >= 0.6 is 27.5 Å². The van der Waals surface area contributed by atoms with Gasteiger partial charge in [0.15, 0.2) is 0 Å². The molecular weight excluding hydrogens is 287 g/mol. The average molecular weight is 304 g/mol. The van der Waals surface area contributed by atoms with Gasteiger partial charge in [0, 0.05) is 17.0 Å². The minimum atomic E-state index is 0.443. The molecule has 1 saturated heterocycles. The molecule has 2 rings (SSSR count). The number of ether oxygens (including phenoxy) is 1. The summed E-state index contributed by atoms with van der Waals surface area (Å²) in [7, 11) is 0. The van der Waals surface area contributed by atoms with Gasteiger partial charge in [0.1, 0.15) is 0 Å². The topological polar surface area (TPSA) is 9.23 Å². The van der Waals surface area contributed by atoms with Gasteiger partial charge in [0.05, 0.1) is 6.10 Å². The molecule has 0 spiro atoms. The van der Waals surface area contributed by atoms with E-state index in [0.29, 0.717) is 12.0 Å². The lowest BCUT2D eigenvalue weighted by Gasteiger charge is -2.18. The van der Waals surface area contributed by atoms with E-state index in [1.54, 1.807) is 0 Å². The smallest absolute Gasteiger partial charge is 0.0582 e. The van der Waals surface area contributed by atoms with Crippen molar-refractivity contribution in [2.45, 2.75) is 31.3 Å². The lowest BCUT2D eigenvalue weighted by Crippen LogP contribution is -2.12. The third kappa shape index (κ3) is 3.22. The van der Waals surface area contributed by atoms with Crippen LogP contribution in [0.15, 0.2) is 24.3 Å². The van der Waals surface area contributed by atoms with Crippen LogP contribution in [0.2, 0.25) is 5.02 Å². The molecule has 0 aliphatic carbocycles. The van der Waals surface area contributed by atoms with Crippen LogP contribution in [0.4, 0.5) is 0 Å². The van der Waals surface area contributed by atoms with E-state index in [9.17, 15) is 0 Å². The van der Waals surface area contributed by atoms with Gasteiger partial charge >= 0.3 is 0 Å². The number of hydrogen-bond donors (Lipinski definition) is 0. The van der Waals surface area contributed by atoms with Crippen molar-refractivity contribution in [3.8, 4) is 0 Å². The van der Waals surface area contributed by atoms with Crippen LogP contribution in [0, 0.1) is 0 Å². The highest BCUT2D eigenvalue weighted by Gasteiger charge is 2.21. The summed E-state index contributed by atoms with van der Waals surface area (Å²) in [5, 5.41) is 1.78. The van der Waals surface area contributed by atoms with Gasteiger partial charge in [-0.2, -0.15) is 0 Å². The molecule has 1 aliphatic rings. The first-order valence-electron chi connectivity index (χ1n) is 5.72. The largest absolute Gasteiger partial charge is 0.378 e.